The van der Waals surface area contributed by atoms with Crippen LogP contribution in [0.4, 0.5) is 14.6 Å². The monoisotopic (exact) mass is 613 g/mol. The Morgan fingerprint density at radius 2 is 1.93 bits per heavy atom. The Labute approximate surface area is 258 Å². The van der Waals surface area contributed by atoms with Gasteiger partial charge in [0.1, 0.15) is 17.3 Å². The van der Waals surface area contributed by atoms with E-state index in [-0.39, 0.29) is 52.4 Å². The minimum absolute atomic E-state index is 0.0585. The molecule has 12 heteroatoms. The predicted molar refractivity (Wildman–Crippen MR) is 167 cm³/mol. The molecule has 3 aromatic heterocycles. The molecule has 2 amide bonds. The molecule has 232 valence electrons. The van der Waals surface area contributed by atoms with Crippen molar-refractivity contribution in [1.29, 1.82) is 0 Å². The first kappa shape index (κ1) is 30.0. The maximum absolute atomic E-state index is 16.2. The number of halogens is 2. The second-order valence-corrected chi connectivity index (χ2v) is 11.7. The first-order chi connectivity index (χ1) is 21.6. The van der Waals surface area contributed by atoms with Gasteiger partial charge in [0.2, 0.25) is 5.91 Å². The van der Waals surface area contributed by atoms with Gasteiger partial charge in [-0.3, -0.25) is 14.6 Å². The van der Waals surface area contributed by atoms with Gasteiger partial charge in [-0.05, 0) is 61.6 Å². The molecule has 1 aromatic carbocycles. The lowest BCUT2D eigenvalue weighted by atomic mass is 10.0. The van der Waals surface area contributed by atoms with Crippen LogP contribution in [0.2, 0.25) is 0 Å². The van der Waals surface area contributed by atoms with Crippen LogP contribution in [0, 0.1) is 11.6 Å². The van der Waals surface area contributed by atoms with Crippen molar-refractivity contribution < 1.29 is 18.4 Å². The molecule has 1 atom stereocenters. The minimum Gasteiger partial charge on any atom is -0.352 e. The number of aryl methyl sites for hydroxylation is 1. The number of carbonyl (C=O) groups is 2. The van der Waals surface area contributed by atoms with Gasteiger partial charge in [0.25, 0.3) is 5.91 Å². The van der Waals surface area contributed by atoms with E-state index < -0.39 is 28.9 Å². The smallest absolute Gasteiger partial charge is 0.352 e. The zero-order chi connectivity index (χ0) is 32.0. The Bertz CT molecular complexity index is 1920. The summed E-state index contributed by atoms with van der Waals surface area (Å²) < 4.78 is 33.1. The standard InChI is InChI=1S/C33H33F2N7O3/c1-5-25(43)40-14-15-41(19(4)17-40)30-22-16-24(35)28-26-21(9-6-10-23(26)34)32(44)37-12-7-8-20-11-13-36-27(18(2)3)29(20)42(31(22)38-28)33(45)39-30/h5-6,9-11,13,16,18-19H,1,7-8,12,14-15,17H2,2-4H3,(H,37,44)/t19-/m1/s1. The highest BCUT2D eigenvalue weighted by Crippen LogP contribution is 2.35. The maximum atomic E-state index is 16.2. The molecule has 2 aliphatic heterocycles. The summed E-state index contributed by atoms with van der Waals surface area (Å²) in [5.74, 6) is -2.38. The summed E-state index contributed by atoms with van der Waals surface area (Å²) >= 11 is 0. The summed E-state index contributed by atoms with van der Waals surface area (Å²) in [6.45, 7) is 10.6. The lowest BCUT2D eigenvalue weighted by molar-refractivity contribution is -0.126. The molecule has 1 N–H and O–H groups in total. The number of hydrogen-bond donors (Lipinski definition) is 1. The highest BCUT2D eigenvalue weighted by atomic mass is 19.1. The van der Waals surface area contributed by atoms with E-state index >= 15 is 8.78 Å². The Morgan fingerprint density at radius 1 is 1.13 bits per heavy atom. The van der Waals surface area contributed by atoms with Gasteiger partial charge in [-0.1, -0.05) is 26.5 Å². The SMILES string of the molecule is C=CC(=O)N1CCN(c2nc(=O)n3c4nc(c(F)cc24)-c2c(F)cccc2C(=O)NCCCc2ccnc(C(C)C)c2-3)[C@H](C)C1. The number of nitrogens with one attached hydrogen (secondary N) is 1. The van der Waals surface area contributed by atoms with Crippen molar-refractivity contribution in [2.24, 2.45) is 0 Å². The third-order valence-electron chi connectivity index (χ3n) is 8.40. The molecule has 0 saturated carbocycles. The van der Waals surface area contributed by atoms with Gasteiger partial charge in [0, 0.05) is 38.4 Å². The molecule has 6 rings (SSSR count). The molecule has 0 unspecified atom stereocenters. The van der Waals surface area contributed by atoms with E-state index in [0.717, 1.165) is 11.6 Å². The van der Waals surface area contributed by atoms with E-state index in [0.29, 0.717) is 43.9 Å². The van der Waals surface area contributed by atoms with Crippen molar-refractivity contribution in [1.82, 2.24) is 29.7 Å². The number of benzene rings is 1. The molecule has 45 heavy (non-hydrogen) atoms. The molecule has 0 spiro atoms. The molecule has 4 aromatic rings. The van der Waals surface area contributed by atoms with Crippen LogP contribution in [0.15, 0.2) is 54.0 Å². The number of rotatable bonds is 3. The average Bonchev–Trinajstić information content (AvgIpc) is 3.02. The van der Waals surface area contributed by atoms with Crippen LogP contribution in [0.3, 0.4) is 0 Å². The number of pyridine rings is 2. The van der Waals surface area contributed by atoms with Crippen molar-refractivity contribution in [2.45, 2.75) is 45.6 Å². The Balaban J connectivity index is 1.70. The van der Waals surface area contributed by atoms with Gasteiger partial charge in [0.05, 0.1) is 27.9 Å². The molecule has 1 fully saturated rings. The highest BCUT2D eigenvalue weighted by molar-refractivity contribution is 6.01. The van der Waals surface area contributed by atoms with E-state index in [1.807, 2.05) is 31.7 Å². The van der Waals surface area contributed by atoms with Gasteiger partial charge in [0.15, 0.2) is 11.5 Å². The van der Waals surface area contributed by atoms with Crippen LogP contribution in [0.1, 0.15) is 54.7 Å². The number of amides is 2. The summed E-state index contributed by atoms with van der Waals surface area (Å²) in [7, 11) is 0. The zero-order valence-corrected chi connectivity index (χ0v) is 25.3. The summed E-state index contributed by atoms with van der Waals surface area (Å²) in [6, 6.07) is 6.67. The van der Waals surface area contributed by atoms with Crippen molar-refractivity contribution in [3.05, 3.63) is 88.1 Å². The summed E-state index contributed by atoms with van der Waals surface area (Å²) in [4.78, 5) is 57.0. The fourth-order valence-electron chi connectivity index (χ4n) is 6.23. The van der Waals surface area contributed by atoms with Crippen LogP contribution >= 0.6 is 0 Å². The number of carbonyl (C=O) groups excluding carboxylic acids is 2. The largest absolute Gasteiger partial charge is 0.355 e. The first-order valence-corrected chi connectivity index (χ1v) is 15.0. The van der Waals surface area contributed by atoms with E-state index in [1.54, 1.807) is 11.1 Å². The molecular weight excluding hydrogens is 580 g/mol. The molecule has 0 aliphatic carbocycles. The molecule has 2 aliphatic rings. The predicted octanol–water partition coefficient (Wildman–Crippen LogP) is 4.14. The number of fused-ring (bicyclic) bond motifs is 5. The van der Waals surface area contributed by atoms with Gasteiger partial charge >= 0.3 is 5.69 Å². The minimum atomic E-state index is -0.881. The van der Waals surface area contributed by atoms with Gasteiger partial charge < -0.3 is 15.1 Å². The highest BCUT2D eigenvalue weighted by Gasteiger charge is 2.31. The Hall–Kier alpha value is -5.00. The third kappa shape index (κ3) is 5.23. The molecule has 10 nitrogen and oxygen atoms in total. The fraction of sp³-hybridized carbons (Fsp3) is 0.333. The molecular formula is C33H33F2N7O3. The van der Waals surface area contributed by atoms with Gasteiger partial charge in [-0.25, -0.2) is 23.1 Å². The molecule has 0 radical (unpaired) electrons. The van der Waals surface area contributed by atoms with Crippen LogP contribution in [-0.4, -0.2) is 68.5 Å². The number of piperazine rings is 1. The number of anilines is 1. The Morgan fingerprint density at radius 3 is 2.67 bits per heavy atom. The van der Waals surface area contributed by atoms with E-state index in [1.165, 1.54) is 28.8 Å². The number of hydrogen-bond acceptors (Lipinski definition) is 7. The van der Waals surface area contributed by atoms with Crippen molar-refractivity contribution in [2.75, 3.05) is 31.1 Å². The number of nitrogens with zero attached hydrogens (tertiary/aromatic N) is 6. The van der Waals surface area contributed by atoms with Gasteiger partial charge in [-0.2, -0.15) is 4.98 Å². The normalized spacial score (nSPS) is 16.8. The zero-order valence-electron chi connectivity index (χ0n) is 25.3. The lowest BCUT2D eigenvalue weighted by Crippen LogP contribution is -2.54. The quantitative estimate of drug-likeness (QED) is 0.346. The molecule has 5 heterocycles. The van der Waals surface area contributed by atoms with Crippen LogP contribution in [0.25, 0.3) is 28.0 Å². The topological polar surface area (TPSA) is 113 Å². The van der Waals surface area contributed by atoms with E-state index in [9.17, 15) is 14.4 Å². The van der Waals surface area contributed by atoms with Crippen molar-refractivity contribution in [3.8, 4) is 16.9 Å². The molecule has 1 saturated heterocycles. The summed E-state index contributed by atoms with van der Waals surface area (Å²) in [6.07, 6.45) is 3.92. The van der Waals surface area contributed by atoms with Crippen molar-refractivity contribution in [3.63, 3.8) is 0 Å². The van der Waals surface area contributed by atoms with E-state index in [2.05, 4.69) is 26.8 Å². The third-order valence-corrected chi connectivity index (χ3v) is 8.40. The maximum Gasteiger partial charge on any atom is 0.355 e. The van der Waals surface area contributed by atoms with Crippen LogP contribution < -0.4 is 15.9 Å². The number of aromatic nitrogens is 4. The van der Waals surface area contributed by atoms with Gasteiger partial charge in [-0.15, -0.1) is 0 Å². The second kappa shape index (κ2) is 11.8. The summed E-state index contributed by atoms with van der Waals surface area (Å²) in [5, 5.41) is 3.04. The lowest BCUT2D eigenvalue weighted by Gasteiger charge is -2.40. The Kier molecular flexibility index (Phi) is 7.90. The van der Waals surface area contributed by atoms with Crippen LogP contribution in [-0.2, 0) is 11.2 Å². The summed E-state index contributed by atoms with van der Waals surface area (Å²) in [5.41, 5.74) is 0.515. The fourth-order valence-corrected chi connectivity index (χ4v) is 6.23. The van der Waals surface area contributed by atoms with E-state index in [4.69, 9.17) is 0 Å². The van der Waals surface area contributed by atoms with Crippen molar-refractivity contribution >= 4 is 28.7 Å². The second-order valence-electron chi connectivity index (χ2n) is 11.7. The average molecular weight is 614 g/mol. The first-order valence-electron chi connectivity index (χ1n) is 15.0. The van der Waals surface area contributed by atoms with Crippen LogP contribution in [0.5, 0.6) is 0 Å². The molecule has 2 bridgehead atoms.